The van der Waals surface area contributed by atoms with Gasteiger partial charge in [0.05, 0.1) is 10.2 Å². The summed E-state index contributed by atoms with van der Waals surface area (Å²) in [6, 6.07) is 6.45. The highest BCUT2D eigenvalue weighted by molar-refractivity contribution is 7.22. The molecule has 1 unspecified atom stereocenters. The van der Waals surface area contributed by atoms with E-state index in [1.165, 1.54) is 42.7 Å². The van der Waals surface area contributed by atoms with Crippen LogP contribution < -0.4 is 5.32 Å². The number of hydrogen-bond donors (Lipinski definition) is 1. The minimum atomic E-state index is 0.668. The van der Waals surface area contributed by atoms with Crippen LogP contribution in [0, 0.1) is 12.8 Å². The molecule has 1 aliphatic heterocycles. The average molecular weight is 289 g/mol. The van der Waals surface area contributed by atoms with Crippen LogP contribution in [-0.2, 0) is 0 Å². The number of nitrogens with one attached hydrogen (secondary N) is 1. The van der Waals surface area contributed by atoms with Crippen LogP contribution in [-0.4, -0.2) is 36.1 Å². The van der Waals surface area contributed by atoms with E-state index in [1.807, 2.05) is 0 Å². The zero-order valence-electron chi connectivity index (χ0n) is 12.4. The Labute approximate surface area is 125 Å². The molecule has 1 aromatic carbocycles. The Balaban J connectivity index is 1.56. The van der Waals surface area contributed by atoms with Crippen molar-refractivity contribution in [1.29, 1.82) is 0 Å². The van der Waals surface area contributed by atoms with Crippen LogP contribution in [0.2, 0.25) is 0 Å². The van der Waals surface area contributed by atoms with Gasteiger partial charge in [0.2, 0.25) is 0 Å². The highest BCUT2D eigenvalue weighted by atomic mass is 32.1. The topological polar surface area (TPSA) is 28.2 Å². The molecule has 2 heterocycles. The molecule has 0 bridgehead atoms. The molecule has 0 spiro atoms. The van der Waals surface area contributed by atoms with Gasteiger partial charge in [0.25, 0.3) is 0 Å². The van der Waals surface area contributed by atoms with Gasteiger partial charge in [-0.05, 0) is 56.5 Å². The number of aryl methyl sites for hydroxylation is 1. The van der Waals surface area contributed by atoms with Gasteiger partial charge >= 0.3 is 0 Å². The van der Waals surface area contributed by atoms with Crippen LogP contribution >= 0.6 is 11.3 Å². The third-order valence-electron chi connectivity index (χ3n) is 3.91. The van der Waals surface area contributed by atoms with Gasteiger partial charge in [0.15, 0.2) is 5.13 Å². The fourth-order valence-electron chi connectivity index (χ4n) is 2.84. The Kier molecular flexibility index (Phi) is 4.22. The number of thiazole rings is 1. The van der Waals surface area contributed by atoms with Gasteiger partial charge in [0, 0.05) is 13.1 Å². The van der Waals surface area contributed by atoms with E-state index in [9.17, 15) is 0 Å². The fourth-order valence-corrected chi connectivity index (χ4v) is 3.81. The summed E-state index contributed by atoms with van der Waals surface area (Å²) in [6.07, 6.45) is 2.74. The second kappa shape index (κ2) is 6.10. The fraction of sp³-hybridized carbons (Fsp3) is 0.562. The molecule has 1 saturated heterocycles. The molecule has 108 valence electrons. The number of aromatic nitrogens is 1. The maximum Gasteiger partial charge on any atom is 0.183 e. The van der Waals surface area contributed by atoms with Gasteiger partial charge in [-0.2, -0.15) is 0 Å². The third kappa shape index (κ3) is 3.30. The number of nitrogens with zero attached hydrogens (tertiary/aromatic N) is 2. The van der Waals surface area contributed by atoms with Crippen LogP contribution in [0.1, 0.15) is 25.3 Å². The standard InChI is InChI=1S/C16H23N3S/c1-12-5-6-14-15(9-12)20-16(18-14)17-10-13(2)11-19-7-3-4-8-19/h5-6,9,13H,3-4,7-8,10-11H2,1-2H3,(H,17,18). The van der Waals surface area contributed by atoms with Gasteiger partial charge in [-0.25, -0.2) is 4.98 Å². The SMILES string of the molecule is Cc1ccc2nc(NCC(C)CN3CCCC3)sc2c1. The number of rotatable bonds is 5. The van der Waals surface area contributed by atoms with Gasteiger partial charge in [-0.3, -0.25) is 0 Å². The first-order valence-electron chi connectivity index (χ1n) is 7.54. The Hall–Kier alpha value is -1.13. The van der Waals surface area contributed by atoms with Crippen molar-refractivity contribution in [3.05, 3.63) is 23.8 Å². The van der Waals surface area contributed by atoms with Crippen molar-refractivity contribution in [2.75, 3.05) is 31.5 Å². The van der Waals surface area contributed by atoms with Crippen molar-refractivity contribution in [2.45, 2.75) is 26.7 Å². The molecule has 4 heteroatoms. The third-order valence-corrected chi connectivity index (χ3v) is 4.89. The Morgan fingerprint density at radius 1 is 1.35 bits per heavy atom. The van der Waals surface area contributed by atoms with Crippen molar-refractivity contribution in [1.82, 2.24) is 9.88 Å². The first-order valence-corrected chi connectivity index (χ1v) is 8.36. The quantitative estimate of drug-likeness (QED) is 0.908. The van der Waals surface area contributed by atoms with Crippen molar-refractivity contribution in [3.8, 4) is 0 Å². The van der Waals surface area contributed by atoms with Crippen molar-refractivity contribution in [3.63, 3.8) is 0 Å². The van der Waals surface area contributed by atoms with E-state index in [0.717, 1.165) is 17.2 Å². The number of likely N-dealkylation sites (tertiary alicyclic amines) is 1. The minimum absolute atomic E-state index is 0.668. The van der Waals surface area contributed by atoms with E-state index in [4.69, 9.17) is 0 Å². The molecule has 0 radical (unpaired) electrons. The number of fused-ring (bicyclic) bond motifs is 1. The summed E-state index contributed by atoms with van der Waals surface area (Å²) in [7, 11) is 0. The predicted molar refractivity (Wildman–Crippen MR) is 87.7 cm³/mol. The lowest BCUT2D eigenvalue weighted by Gasteiger charge is -2.20. The van der Waals surface area contributed by atoms with Crippen molar-refractivity contribution < 1.29 is 0 Å². The smallest absolute Gasteiger partial charge is 0.183 e. The molecule has 0 saturated carbocycles. The summed E-state index contributed by atoms with van der Waals surface area (Å²) in [4.78, 5) is 7.23. The largest absolute Gasteiger partial charge is 0.361 e. The zero-order valence-corrected chi connectivity index (χ0v) is 13.2. The Morgan fingerprint density at radius 2 is 2.15 bits per heavy atom. The van der Waals surface area contributed by atoms with E-state index in [0.29, 0.717) is 5.92 Å². The second-order valence-electron chi connectivity index (χ2n) is 5.98. The van der Waals surface area contributed by atoms with E-state index >= 15 is 0 Å². The molecule has 1 fully saturated rings. The lowest BCUT2D eigenvalue weighted by Crippen LogP contribution is -2.28. The maximum atomic E-state index is 4.65. The summed E-state index contributed by atoms with van der Waals surface area (Å²) in [5.41, 5.74) is 2.41. The molecule has 1 N–H and O–H groups in total. The Bertz CT molecular complexity index is 572. The van der Waals surface area contributed by atoms with Gasteiger partial charge in [-0.15, -0.1) is 0 Å². The predicted octanol–water partition coefficient (Wildman–Crippen LogP) is 3.75. The lowest BCUT2D eigenvalue weighted by molar-refractivity contribution is 0.294. The van der Waals surface area contributed by atoms with Crippen molar-refractivity contribution >= 4 is 26.7 Å². The number of benzene rings is 1. The molecular formula is C16H23N3S. The molecule has 1 aliphatic rings. The van der Waals surface area contributed by atoms with Crippen LogP contribution in [0.15, 0.2) is 18.2 Å². The maximum absolute atomic E-state index is 4.65. The second-order valence-corrected chi connectivity index (χ2v) is 7.01. The summed E-state index contributed by atoms with van der Waals surface area (Å²) in [5.74, 6) is 0.668. The zero-order chi connectivity index (χ0) is 13.9. The summed E-state index contributed by atoms with van der Waals surface area (Å²) in [5, 5.41) is 4.56. The summed E-state index contributed by atoms with van der Waals surface area (Å²) in [6.45, 7) is 9.23. The highest BCUT2D eigenvalue weighted by Gasteiger charge is 2.14. The first-order chi connectivity index (χ1) is 9.70. The Morgan fingerprint density at radius 3 is 2.95 bits per heavy atom. The van der Waals surface area contributed by atoms with E-state index in [-0.39, 0.29) is 0 Å². The molecule has 2 aromatic rings. The van der Waals surface area contributed by atoms with E-state index in [1.54, 1.807) is 11.3 Å². The van der Waals surface area contributed by atoms with Crippen LogP contribution in [0.3, 0.4) is 0 Å². The first kappa shape index (κ1) is 13.8. The summed E-state index contributed by atoms with van der Waals surface area (Å²) < 4.78 is 1.28. The van der Waals surface area contributed by atoms with Gasteiger partial charge in [0.1, 0.15) is 0 Å². The van der Waals surface area contributed by atoms with Gasteiger partial charge < -0.3 is 10.2 Å². The molecular weight excluding hydrogens is 266 g/mol. The van der Waals surface area contributed by atoms with E-state index < -0.39 is 0 Å². The number of hydrogen-bond acceptors (Lipinski definition) is 4. The normalized spacial score (nSPS) is 17.7. The molecule has 3 nitrogen and oxygen atoms in total. The lowest BCUT2D eigenvalue weighted by atomic mass is 10.2. The average Bonchev–Trinajstić information content (AvgIpc) is 3.04. The van der Waals surface area contributed by atoms with Crippen LogP contribution in [0.4, 0.5) is 5.13 Å². The molecule has 0 aliphatic carbocycles. The molecule has 1 atom stereocenters. The molecule has 0 amide bonds. The molecule has 1 aromatic heterocycles. The number of anilines is 1. The van der Waals surface area contributed by atoms with Gasteiger partial charge in [-0.1, -0.05) is 24.3 Å². The molecule has 20 heavy (non-hydrogen) atoms. The van der Waals surface area contributed by atoms with Crippen LogP contribution in [0.5, 0.6) is 0 Å². The minimum Gasteiger partial charge on any atom is -0.361 e. The molecule has 3 rings (SSSR count). The summed E-state index contributed by atoms with van der Waals surface area (Å²) >= 11 is 1.76. The highest BCUT2D eigenvalue weighted by Crippen LogP contribution is 2.26. The van der Waals surface area contributed by atoms with E-state index in [2.05, 4.69) is 47.2 Å². The van der Waals surface area contributed by atoms with Crippen molar-refractivity contribution in [2.24, 2.45) is 5.92 Å². The monoisotopic (exact) mass is 289 g/mol. The van der Waals surface area contributed by atoms with Crippen LogP contribution in [0.25, 0.3) is 10.2 Å².